The van der Waals surface area contributed by atoms with Crippen LogP contribution in [0.15, 0.2) is 0 Å². The Morgan fingerprint density at radius 1 is 1.29 bits per heavy atom. The van der Waals surface area contributed by atoms with Crippen molar-refractivity contribution in [2.24, 2.45) is 5.92 Å². The third-order valence-corrected chi connectivity index (χ3v) is 3.38. The molecule has 0 aliphatic heterocycles. The third-order valence-electron chi connectivity index (χ3n) is 3.38. The molecule has 1 rings (SSSR count). The molecule has 0 amide bonds. The van der Waals surface area contributed by atoms with Crippen LogP contribution in [0.25, 0.3) is 0 Å². The van der Waals surface area contributed by atoms with Crippen LogP contribution >= 0.6 is 0 Å². The molecular weight excluding hydrogens is 268 g/mol. The highest BCUT2D eigenvalue weighted by Crippen LogP contribution is 2.19. The predicted octanol–water partition coefficient (Wildman–Crippen LogP) is 2.63. The van der Waals surface area contributed by atoms with E-state index in [4.69, 9.17) is 4.74 Å². The molecule has 0 aliphatic rings. The number of rotatable bonds is 8. The van der Waals surface area contributed by atoms with E-state index in [1.165, 1.54) is 0 Å². The lowest BCUT2D eigenvalue weighted by atomic mass is 10.1. The van der Waals surface area contributed by atoms with Crippen molar-refractivity contribution in [3.05, 3.63) is 22.5 Å². The van der Waals surface area contributed by atoms with Gasteiger partial charge in [0.2, 0.25) is 0 Å². The summed E-state index contributed by atoms with van der Waals surface area (Å²) in [5.41, 5.74) is 2.35. The number of nitrogens with one attached hydrogen (secondary N) is 2. The summed E-state index contributed by atoms with van der Waals surface area (Å²) >= 11 is 0. The molecule has 0 saturated heterocycles. The van der Waals surface area contributed by atoms with Gasteiger partial charge in [-0.1, -0.05) is 13.8 Å². The smallest absolute Gasteiger partial charge is 0.355 e. The number of hydrogen-bond donors (Lipinski definition) is 2. The Labute approximate surface area is 126 Å². The summed E-state index contributed by atoms with van der Waals surface area (Å²) in [5, 5.41) is 3.15. The average molecular weight is 294 g/mol. The third kappa shape index (κ3) is 4.70. The number of aryl methyl sites for hydroxylation is 1. The van der Waals surface area contributed by atoms with Crippen molar-refractivity contribution in [3.63, 3.8) is 0 Å². The van der Waals surface area contributed by atoms with E-state index in [1.807, 2.05) is 0 Å². The highest BCUT2D eigenvalue weighted by atomic mass is 16.5. The standard InChI is InChI=1S/C16H26N2O3/c1-6-21-16(20)15-11(4)14(12(5)18-15)13(19)9-17-8-7-10(2)3/h10,17-18H,6-9H2,1-5H3. The summed E-state index contributed by atoms with van der Waals surface area (Å²) in [5.74, 6) is 0.198. The molecule has 5 nitrogen and oxygen atoms in total. The van der Waals surface area contributed by atoms with E-state index in [1.54, 1.807) is 20.8 Å². The van der Waals surface area contributed by atoms with Crippen LogP contribution in [0.1, 0.15) is 59.3 Å². The van der Waals surface area contributed by atoms with Crippen LogP contribution < -0.4 is 5.32 Å². The minimum Gasteiger partial charge on any atom is -0.461 e. The molecule has 0 bridgehead atoms. The molecule has 0 radical (unpaired) electrons. The maximum absolute atomic E-state index is 12.3. The Morgan fingerprint density at radius 2 is 1.95 bits per heavy atom. The highest BCUT2D eigenvalue weighted by molar-refractivity contribution is 6.03. The average Bonchev–Trinajstić information content (AvgIpc) is 2.70. The molecule has 118 valence electrons. The second-order valence-corrected chi connectivity index (χ2v) is 5.63. The molecule has 1 heterocycles. The first-order valence-electron chi connectivity index (χ1n) is 7.48. The van der Waals surface area contributed by atoms with Gasteiger partial charge < -0.3 is 15.0 Å². The van der Waals surface area contributed by atoms with Gasteiger partial charge in [0.1, 0.15) is 5.69 Å². The second-order valence-electron chi connectivity index (χ2n) is 5.63. The van der Waals surface area contributed by atoms with E-state index in [0.717, 1.165) is 13.0 Å². The molecular formula is C16H26N2O3. The van der Waals surface area contributed by atoms with Gasteiger partial charge in [-0.3, -0.25) is 4.79 Å². The van der Waals surface area contributed by atoms with Gasteiger partial charge in [0, 0.05) is 11.3 Å². The van der Waals surface area contributed by atoms with Crippen LogP contribution in [0.3, 0.4) is 0 Å². The predicted molar refractivity (Wildman–Crippen MR) is 82.9 cm³/mol. The summed E-state index contributed by atoms with van der Waals surface area (Å²) in [7, 11) is 0. The van der Waals surface area contributed by atoms with Crippen LogP contribution in [-0.2, 0) is 4.74 Å². The maximum atomic E-state index is 12.3. The quantitative estimate of drug-likeness (QED) is 0.439. The zero-order chi connectivity index (χ0) is 16.0. The normalized spacial score (nSPS) is 11.0. The molecule has 1 aromatic heterocycles. The topological polar surface area (TPSA) is 71.2 Å². The van der Waals surface area contributed by atoms with Gasteiger partial charge in [0.05, 0.1) is 13.2 Å². The van der Waals surface area contributed by atoms with Gasteiger partial charge in [-0.05, 0) is 45.2 Å². The molecule has 0 spiro atoms. The van der Waals surface area contributed by atoms with E-state index >= 15 is 0 Å². The molecule has 1 aromatic rings. The number of esters is 1. The molecule has 21 heavy (non-hydrogen) atoms. The minimum atomic E-state index is -0.412. The number of aromatic amines is 1. The summed E-state index contributed by atoms with van der Waals surface area (Å²) in [4.78, 5) is 27.1. The van der Waals surface area contributed by atoms with Crippen molar-refractivity contribution in [1.82, 2.24) is 10.3 Å². The zero-order valence-corrected chi connectivity index (χ0v) is 13.6. The number of carbonyl (C=O) groups excluding carboxylic acids is 2. The van der Waals surface area contributed by atoms with Crippen LogP contribution in [0.2, 0.25) is 0 Å². The zero-order valence-electron chi connectivity index (χ0n) is 13.6. The number of H-pyrrole nitrogens is 1. The van der Waals surface area contributed by atoms with E-state index in [9.17, 15) is 9.59 Å². The fraction of sp³-hybridized carbons (Fsp3) is 0.625. The molecule has 0 saturated carbocycles. The first kappa shape index (κ1) is 17.4. The lowest BCUT2D eigenvalue weighted by molar-refractivity contribution is 0.0519. The molecule has 0 unspecified atom stereocenters. The van der Waals surface area contributed by atoms with Crippen molar-refractivity contribution >= 4 is 11.8 Å². The van der Waals surface area contributed by atoms with E-state index in [-0.39, 0.29) is 12.3 Å². The fourth-order valence-corrected chi connectivity index (χ4v) is 2.26. The van der Waals surface area contributed by atoms with Crippen molar-refractivity contribution in [3.8, 4) is 0 Å². The Hall–Kier alpha value is -1.62. The van der Waals surface area contributed by atoms with Crippen molar-refractivity contribution < 1.29 is 14.3 Å². The Bertz CT molecular complexity index is 504. The number of aromatic nitrogens is 1. The van der Waals surface area contributed by atoms with Gasteiger partial charge >= 0.3 is 5.97 Å². The summed E-state index contributed by atoms with van der Waals surface area (Å²) in [6.45, 7) is 11.1. The number of ether oxygens (including phenoxy) is 1. The van der Waals surface area contributed by atoms with Gasteiger partial charge in [-0.2, -0.15) is 0 Å². The number of ketones is 1. The van der Waals surface area contributed by atoms with Crippen molar-refractivity contribution in [2.75, 3.05) is 19.7 Å². The lowest BCUT2D eigenvalue weighted by Gasteiger charge is -2.07. The van der Waals surface area contributed by atoms with E-state index in [2.05, 4.69) is 24.1 Å². The largest absolute Gasteiger partial charge is 0.461 e. The monoisotopic (exact) mass is 294 g/mol. The molecule has 0 aromatic carbocycles. The molecule has 2 N–H and O–H groups in total. The number of Topliss-reactive ketones (excluding diaryl/α,β-unsaturated/α-hetero) is 1. The fourth-order valence-electron chi connectivity index (χ4n) is 2.26. The summed E-state index contributed by atoms with van der Waals surface area (Å²) in [6.07, 6.45) is 1.03. The van der Waals surface area contributed by atoms with Gasteiger partial charge in [-0.15, -0.1) is 0 Å². The van der Waals surface area contributed by atoms with Crippen LogP contribution in [0.5, 0.6) is 0 Å². The number of carbonyl (C=O) groups is 2. The van der Waals surface area contributed by atoms with Crippen molar-refractivity contribution in [2.45, 2.75) is 41.0 Å². The van der Waals surface area contributed by atoms with Gasteiger partial charge in [-0.25, -0.2) is 4.79 Å². The molecule has 0 fully saturated rings. The van der Waals surface area contributed by atoms with Crippen LogP contribution in [-0.4, -0.2) is 36.4 Å². The number of hydrogen-bond acceptors (Lipinski definition) is 4. The lowest BCUT2D eigenvalue weighted by Crippen LogP contribution is -2.25. The van der Waals surface area contributed by atoms with E-state index < -0.39 is 5.97 Å². The van der Waals surface area contributed by atoms with E-state index in [0.29, 0.717) is 35.0 Å². The van der Waals surface area contributed by atoms with Gasteiger partial charge in [0.15, 0.2) is 5.78 Å². The first-order chi connectivity index (χ1) is 9.88. The second kappa shape index (κ2) is 7.98. The molecule has 0 atom stereocenters. The maximum Gasteiger partial charge on any atom is 0.355 e. The molecule has 0 aliphatic carbocycles. The van der Waals surface area contributed by atoms with Crippen molar-refractivity contribution in [1.29, 1.82) is 0 Å². The summed E-state index contributed by atoms with van der Waals surface area (Å²) < 4.78 is 4.98. The Kier molecular flexibility index (Phi) is 6.62. The SMILES string of the molecule is CCOC(=O)c1[nH]c(C)c(C(=O)CNCCC(C)C)c1C. The Balaban J connectivity index is 2.74. The highest BCUT2D eigenvalue weighted by Gasteiger charge is 2.22. The molecule has 5 heteroatoms. The Morgan fingerprint density at radius 3 is 2.52 bits per heavy atom. The van der Waals surface area contributed by atoms with Crippen LogP contribution in [0, 0.1) is 19.8 Å². The van der Waals surface area contributed by atoms with Gasteiger partial charge in [0.25, 0.3) is 0 Å². The first-order valence-corrected chi connectivity index (χ1v) is 7.48. The summed E-state index contributed by atoms with van der Waals surface area (Å²) in [6, 6.07) is 0. The van der Waals surface area contributed by atoms with Crippen LogP contribution in [0.4, 0.5) is 0 Å². The minimum absolute atomic E-state index is 0.000514.